The number of rotatable bonds is 14. The van der Waals surface area contributed by atoms with E-state index in [1.54, 1.807) is 17.0 Å². The van der Waals surface area contributed by atoms with Crippen molar-refractivity contribution in [2.75, 3.05) is 38.1 Å². The van der Waals surface area contributed by atoms with Gasteiger partial charge in [-0.3, -0.25) is 4.57 Å². The number of hydrogen-bond donors (Lipinski definition) is 3. The molecule has 0 spiro atoms. The summed E-state index contributed by atoms with van der Waals surface area (Å²) in [5.41, 5.74) is 6.76. The van der Waals surface area contributed by atoms with Crippen LogP contribution in [0.25, 0.3) is 0 Å². The number of nitrogens with zero attached hydrogens (tertiary/aromatic N) is 4. The van der Waals surface area contributed by atoms with Gasteiger partial charge in [0.05, 0.1) is 6.61 Å². The van der Waals surface area contributed by atoms with Gasteiger partial charge in [0.1, 0.15) is 11.6 Å². The fourth-order valence-corrected chi connectivity index (χ4v) is 4.18. The molecule has 9 nitrogen and oxygen atoms in total. The maximum atomic E-state index is 12.4. The number of aryl methyl sites for hydroxylation is 1. The number of nitrogens with one attached hydrogen (secondary N) is 2. The highest BCUT2D eigenvalue weighted by Crippen LogP contribution is 2.18. The number of anilines is 2. The van der Waals surface area contributed by atoms with Crippen molar-refractivity contribution in [1.82, 2.24) is 24.8 Å². The molecule has 34 heavy (non-hydrogen) atoms. The Bertz CT molecular complexity index is 939. The van der Waals surface area contributed by atoms with Crippen LogP contribution in [0.2, 0.25) is 0 Å². The average Bonchev–Trinajstić information content (AvgIpc) is 3.66. The third-order valence-electron chi connectivity index (χ3n) is 6.45. The first-order chi connectivity index (χ1) is 16.7. The summed E-state index contributed by atoms with van der Waals surface area (Å²) in [4.78, 5) is 23.4. The second-order valence-electron chi connectivity index (χ2n) is 9.48. The van der Waals surface area contributed by atoms with Crippen LogP contribution in [-0.4, -0.2) is 64.3 Å². The molecular weight excluding hydrogens is 430 g/mol. The predicted molar refractivity (Wildman–Crippen MR) is 134 cm³/mol. The lowest BCUT2D eigenvalue weighted by molar-refractivity contribution is 0.118. The Morgan fingerprint density at radius 1 is 1.06 bits per heavy atom. The van der Waals surface area contributed by atoms with Gasteiger partial charge in [-0.25, -0.2) is 9.78 Å². The van der Waals surface area contributed by atoms with E-state index in [2.05, 4.69) is 25.5 Å². The summed E-state index contributed by atoms with van der Waals surface area (Å²) in [6.07, 6.45) is 11.4. The first-order valence-electron chi connectivity index (χ1n) is 12.7. The van der Waals surface area contributed by atoms with E-state index >= 15 is 0 Å². The van der Waals surface area contributed by atoms with Crippen molar-refractivity contribution in [1.29, 1.82) is 0 Å². The molecule has 2 fully saturated rings. The molecule has 1 aliphatic heterocycles. The van der Waals surface area contributed by atoms with Gasteiger partial charge in [-0.05, 0) is 94.9 Å². The van der Waals surface area contributed by atoms with Crippen LogP contribution in [0.1, 0.15) is 50.5 Å². The Hall–Kier alpha value is -2.33. The molecule has 2 aromatic heterocycles. The molecule has 1 saturated carbocycles. The summed E-state index contributed by atoms with van der Waals surface area (Å²) in [5.74, 6) is 1.16. The Balaban J connectivity index is 1.16. The van der Waals surface area contributed by atoms with Crippen LogP contribution >= 0.6 is 0 Å². The van der Waals surface area contributed by atoms with E-state index in [1.165, 1.54) is 12.8 Å². The number of piperidine rings is 1. The van der Waals surface area contributed by atoms with E-state index in [4.69, 9.17) is 10.5 Å². The molecule has 2 aliphatic rings. The number of nitrogens with two attached hydrogens (primary N) is 1. The van der Waals surface area contributed by atoms with Gasteiger partial charge in [0.25, 0.3) is 0 Å². The molecule has 1 aliphatic carbocycles. The number of ether oxygens (including phenoxy) is 1. The zero-order chi connectivity index (χ0) is 23.6. The molecule has 0 amide bonds. The molecule has 0 atom stereocenters. The van der Waals surface area contributed by atoms with Crippen molar-refractivity contribution in [2.24, 2.45) is 5.73 Å². The van der Waals surface area contributed by atoms with Gasteiger partial charge in [0.15, 0.2) is 0 Å². The molecule has 0 aromatic carbocycles. The number of hydrogen-bond acceptors (Lipinski definition) is 8. The van der Waals surface area contributed by atoms with E-state index in [1.807, 2.05) is 18.2 Å². The molecule has 9 heteroatoms. The van der Waals surface area contributed by atoms with Gasteiger partial charge in [0.2, 0.25) is 0 Å². The molecule has 0 radical (unpaired) electrons. The highest BCUT2D eigenvalue weighted by Gasteiger charge is 2.19. The van der Waals surface area contributed by atoms with Crippen molar-refractivity contribution >= 4 is 11.6 Å². The summed E-state index contributed by atoms with van der Waals surface area (Å²) >= 11 is 0. The minimum absolute atomic E-state index is 0.242. The molecule has 0 unspecified atom stereocenters. The van der Waals surface area contributed by atoms with Gasteiger partial charge >= 0.3 is 5.69 Å². The number of pyridine rings is 1. The standard InChI is InChI=1S/C25H39N7O2/c26-21-7-14-31(15-8-21)12-1-2-13-32-16-9-23(30-25(32)33)29-24-18-20(6-11-28-24)19-34-17-3-10-27-22-4-5-22/h6,9,11,16,18,21-22,27H,1-5,7-8,10,12-15,17,19,26H2,(H,28,29,30,33). The molecule has 3 heterocycles. The molecule has 1 saturated heterocycles. The van der Waals surface area contributed by atoms with Crippen LogP contribution in [0.4, 0.5) is 11.6 Å². The van der Waals surface area contributed by atoms with Gasteiger partial charge in [-0.1, -0.05) is 0 Å². The van der Waals surface area contributed by atoms with Gasteiger partial charge in [-0.15, -0.1) is 0 Å². The van der Waals surface area contributed by atoms with E-state index in [0.717, 1.165) is 76.5 Å². The molecule has 4 N–H and O–H groups in total. The zero-order valence-corrected chi connectivity index (χ0v) is 20.1. The topological polar surface area (TPSA) is 110 Å². The molecule has 4 rings (SSSR count). The SMILES string of the molecule is NC1CCN(CCCCn2ccc(Nc3cc(COCCCNC4CC4)ccn3)nc2=O)CC1. The third-order valence-corrected chi connectivity index (χ3v) is 6.45. The number of unbranched alkanes of at least 4 members (excludes halogenated alkanes) is 1. The molecular formula is C25H39N7O2. The van der Waals surface area contributed by atoms with E-state index in [0.29, 0.717) is 30.8 Å². The Morgan fingerprint density at radius 2 is 1.88 bits per heavy atom. The summed E-state index contributed by atoms with van der Waals surface area (Å²) in [6.45, 7) is 6.21. The highest BCUT2D eigenvalue weighted by molar-refractivity contribution is 5.51. The highest BCUT2D eigenvalue weighted by atomic mass is 16.5. The fraction of sp³-hybridized carbons (Fsp3) is 0.640. The Labute approximate surface area is 202 Å². The Morgan fingerprint density at radius 3 is 2.68 bits per heavy atom. The Kier molecular flexibility index (Phi) is 9.44. The lowest BCUT2D eigenvalue weighted by Crippen LogP contribution is -2.40. The second kappa shape index (κ2) is 12.9. The minimum Gasteiger partial charge on any atom is -0.377 e. The van der Waals surface area contributed by atoms with E-state index in [-0.39, 0.29) is 5.69 Å². The number of likely N-dealkylation sites (tertiary alicyclic amines) is 1. The van der Waals surface area contributed by atoms with Crippen molar-refractivity contribution in [3.05, 3.63) is 46.6 Å². The average molecular weight is 470 g/mol. The zero-order valence-electron chi connectivity index (χ0n) is 20.1. The smallest absolute Gasteiger partial charge is 0.349 e. The molecule has 186 valence electrons. The molecule has 0 bridgehead atoms. The second-order valence-corrected chi connectivity index (χ2v) is 9.48. The van der Waals surface area contributed by atoms with Crippen LogP contribution in [0.15, 0.2) is 35.4 Å². The summed E-state index contributed by atoms with van der Waals surface area (Å²) in [7, 11) is 0. The van der Waals surface area contributed by atoms with Crippen LogP contribution < -0.4 is 22.1 Å². The minimum atomic E-state index is -0.242. The first kappa shape index (κ1) is 24.8. The van der Waals surface area contributed by atoms with E-state index in [9.17, 15) is 4.79 Å². The molecule has 2 aromatic rings. The predicted octanol–water partition coefficient (Wildman–Crippen LogP) is 2.24. The summed E-state index contributed by atoms with van der Waals surface area (Å²) < 4.78 is 7.45. The van der Waals surface area contributed by atoms with Crippen LogP contribution in [0.5, 0.6) is 0 Å². The van der Waals surface area contributed by atoms with Crippen molar-refractivity contribution in [2.45, 2.75) is 70.2 Å². The van der Waals surface area contributed by atoms with Crippen molar-refractivity contribution in [3.8, 4) is 0 Å². The maximum Gasteiger partial charge on any atom is 0.349 e. The number of aromatic nitrogens is 3. The quantitative estimate of drug-likeness (QED) is 0.361. The van der Waals surface area contributed by atoms with Crippen LogP contribution in [-0.2, 0) is 17.9 Å². The lowest BCUT2D eigenvalue weighted by atomic mass is 10.1. The van der Waals surface area contributed by atoms with Crippen LogP contribution in [0, 0.1) is 0 Å². The largest absolute Gasteiger partial charge is 0.377 e. The fourth-order valence-electron chi connectivity index (χ4n) is 4.18. The first-order valence-corrected chi connectivity index (χ1v) is 12.7. The summed E-state index contributed by atoms with van der Waals surface area (Å²) in [6, 6.07) is 6.81. The van der Waals surface area contributed by atoms with Gasteiger partial charge in [-0.2, -0.15) is 4.98 Å². The van der Waals surface area contributed by atoms with Crippen molar-refractivity contribution in [3.63, 3.8) is 0 Å². The van der Waals surface area contributed by atoms with Gasteiger partial charge in [0, 0.05) is 37.6 Å². The lowest BCUT2D eigenvalue weighted by Gasteiger charge is -2.29. The van der Waals surface area contributed by atoms with Gasteiger partial charge < -0.3 is 26.0 Å². The summed E-state index contributed by atoms with van der Waals surface area (Å²) in [5, 5.41) is 6.63. The normalized spacial score (nSPS) is 17.2. The monoisotopic (exact) mass is 469 g/mol. The third kappa shape index (κ3) is 8.47. The maximum absolute atomic E-state index is 12.4. The van der Waals surface area contributed by atoms with Crippen LogP contribution in [0.3, 0.4) is 0 Å². The van der Waals surface area contributed by atoms with Crippen molar-refractivity contribution < 1.29 is 4.74 Å². The van der Waals surface area contributed by atoms with E-state index < -0.39 is 0 Å².